The number of likely N-dealkylation sites (N-methyl/N-ethyl adjacent to an activating group) is 1. The van der Waals surface area contributed by atoms with Gasteiger partial charge in [-0.2, -0.15) is 13.2 Å². The van der Waals surface area contributed by atoms with E-state index in [4.69, 9.17) is 5.73 Å². The standard InChI is InChI=1S/C30H34F3N3O7/c1-36(2)23-16-8-13-7-15-20(24(38)19(13)26(40)29(16,43)27(41)21(25(23)39)28(34)42)18(37)9-14(22(15)30(31,32)33)10-35-17-6-11-3-4-12(17)5-11/h9,11-13,16-17,23,35,37-38,41,43H,3-8,10H2,1-2H3,(H2,34,42)/t11?,12?,13-,16-,17+,23-,29-/m0/s1. The maximum Gasteiger partial charge on any atom is 0.417 e. The average Bonchev–Trinajstić information content (AvgIpc) is 3.52. The Labute approximate surface area is 245 Å². The zero-order valence-corrected chi connectivity index (χ0v) is 23.7. The molecule has 10 nitrogen and oxygen atoms in total. The number of halogens is 3. The number of phenolic OH excluding ortho intramolecular Hbond substituents is 1. The molecule has 7 atom stereocenters. The molecular formula is C30H34F3N3O7. The number of hydrogen-bond acceptors (Lipinski definition) is 9. The van der Waals surface area contributed by atoms with Crippen molar-refractivity contribution in [3.05, 3.63) is 45.2 Å². The van der Waals surface area contributed by atoms with Crippen molar-refractivity contribution < 1.29 is 48.0 Å². The highest BCUT2D eigenvalue weighted by atomic mass is 19.4. The molecule has 5 aliphatic carbocycles. The molecule has 0 saturated heterocycles. The fourth-order valence-electron chi connectivity index (χ4n) is 8.61. The summed E-state index contributed by atoms with van der Waals surface area (Å²) in [7, 11) is 2.89. The third-order valence-electron chi connectivity index (χ3n) is 10.4. The zero-order chi connectivity index (χ0) is 31.3. The number of hydrogen-bond donors (Lipinski definition) is 6. The molecule has 0 heterocycles. The topological polar surface area (TPSA) is 173 Å². The van der Waals surface area contributed by atoms with Gasteiger partial charge in [0.2, 0.25) is 5.78 Å². The summed E-state index contributed by atoms with van der Waals surface area (Å²) < 4.78 is 44.2. The molecule has 3 saturated carbocycles. The van der Waals surface area contributed by atoms with Crippen LogP contribution in [-0.2, 0) is 33.5 Å². The summed E-state index contributed by atoms with van der Waals surface area (Å²) in [5.41, 5.74) is -1.18. The van der Waals surface area contributed by atoms with Crippen molar-refractivity contribution >= 4 is 23.2 Å². The Bertz CT molecular complexity index is 1520. The van der Waals surface area contributed by atoms with Crippen LogP contribution in [0.2, 0.25) is 0 Å². The lowest BCUT2D eigenvalue weighted by atomic mass is 9.57. The van der Waals surface area contributed by atoms with Gasteiger partial charge in [-0.1, -0.05) is 6.42 Å². The molecule has 1 amide bonds. The number of aromatic hydroxyl groups is 1. The number of nitrogens with two attached hydrogens (primary N) is 1. The minimum atomic E-state index is -4.87. The van der Waals surface area contributed by atoms with Crippen LogP contribution >= 0.6 is 0 Å². The molecule has 7 N–H and O–H groups in total. The largest absolute Gasteiger partial charge is 0.508 e. The van der Waals surface area contributed by atoms with E-state index in [1.807, 2.05) is 0 Å². The fourth-order valence-corrected chi connectivity index (χ4v) is 8.61. The summed E-state index contributed by atoms with van der Waals surface area (Å²) in [6.07, 6.45) is -1.52. The first kappa shape index (κ1) is 29.6. The second-order valence-electron chi connectivity index (χ2n) is 12.9. The van der Waals surface area contributed by atoms with Crippen LogP contribution in [0, 0.1) is 23.7 Å². The Morgan fingerprint density at radius 2 is 1.84 bits per heavy atom. The van der Waals surface area contributed by atoms with E-state index in [1.165, 1.54) is 19.0 Å². The van der Waals surface area contributed by atoms with Gasteiger partial charge < -0.3 is 31.5 Å². The number of aliphatic hydroxyl groups excluding tert-OH is 2. The average molecular weight is 606 g/mol. The predicted molar refractivity (Wildman–Crippen MR) is 145 cm³/mol. The van der Waals surface area contributed by atoms with Crippen LogP contribution in [0.1, 0.15) is 54.4 Å². The molecule has 0 spiro atoms. The van der Waals surface area contributed by atoms with Gasteiger partial charge in [0.1, 0.15) is 22.8 Å². The smallest absolute Gasteiger partial charge is 0.417 e. The summed E-state index contributed by atoms with van der Waals surface area (Å²) >= 11 is 0. The first-order valence-electron chi connectivity index (χ1n) is 14.4. The van der Waals surface area contributed by atoms with Crippen LogP contribution in [0.15, 0.2) is 23.0 Å². The zero-order valence-electron chi connectivity index (χ0n) is 23.7. The number of fused-ring (bicyclic) bond motifs is 5. The summed E-state index contributed by atoms with van der Waals surface area (Å²) in [6.45, 7) is -0.154. The lowest BCUT2D eigenvalue weighted by molar-refractivity contribution is -0.153. The second kappa shape index (κ2) is 9.80. The van der Waals surface area contributed by atoms with Crippen LogP contribution in [-0.4, -0.2) is 74.6 Å². The third kappa shape index (κ3) is 4.22. The van der Waals surface area contributed by atoms with E-state index in [0.29, 0.717) is 11.8 Å². The van der Waals surface area contributed by atoms with Crippen molar-refractivity contribution in [3.63, 3.8) is 0 Å². The van der Waals surface area contributed by atoms with Crippen molar-refractivity contribution in [2.45, 2.75) is 68.9 Å². The van der Waals surface area contributed by atoms with Crippen molar-refractivity contribution in [2.24, 2.45) is 29.4 Å². The third-order valence-corrected chi connectivity index (χ3v) is 10.4. The van der Waals surface area contributed by atoms with E-state index in [-0.39, 0.29) is 30.1 Å². The number of rotatable bonds is 5. The second-order valence-corrected chi connectivity index (χ2v) is 12.9. The van der Waals surface area contributed by atoms with Gasteiger partial charge in [-0.05, 0) is 81.1 Å². The van der Waals surface area contributed by atoms with Crippen LogP contribution < -0.4 is 11.1 Å². The SMILES string of the molecule is CN(C)[C@@H]1C(=O)C(C(N)=O)=C(O)[C@@]2(O)C(=O)C3=C(O)c4c(O)cc(CN[C@@H]5CC6CCC5C6)c(C(F)(F)F)c4C[C@H]3C[C@@H]12. The number of benzene rings is 1. The fraction of sp³-hybridized carbons (Fsp3) is 0.567. The van der Waals surface area contributed by atoms with E-state index in [9.17, 15) is 48.0 Å². The van der Waals surface area contributed by atoms with Gasteiger partial charge in [-0.25, -0.2) is 0 Å². The van der Waals surface area contributed by atoms with Gasteiger partial charge in [-0.15, -0.1) is 0 Å². The monoisotopic (exact) mass is 605 g/mol. The van der Waals surface area contributed by atoms with Gasteiger partial charge in [0.15, 0.2) is 11.4 Å². The summed E-state index contributed by atoms with van der Waals surface area (Å²) in [6, 6.07) is -0.317. The van der Waals surface area contributed by atoms with E-state index < -0.39 is 93.1 Å². The number of nitrogens with one attached hydrogen (secondary N) is 1. The van der Waals surface area contributed by atoms with Crippen LogP contribution in [0.3, 0.4) is 0 Å². The highest BCUT2D eigenvalue weighted by molar-refractivity contribution is 6.24. The van der Waals surface area contributed by atoms with Gasteiger partial charge in [0.05, 0.1) is 17.2 Å². The number of amides is 1. The number of nitrogens with zero attached hydrogens (tertiary/aromatic N) is 1. The maximum absolute atomic E-state index is 14.7. The first-order chi connectivity index (χ1) is 20.1. The molecule has 1 aromatic carbocycles. The quantitative estimate of drug-likeness (QED) is 0.275. The maximum atomic E-state index is 14.7. The van der Waals surface area contributed by atoms with E-state index in [2.05, 4.69) is 5.32 Å². The van der Waals surface area contributed by atoms with E-state index in [0.717, 1.165) is 31.7 Å². The van der Waals surface area contributed by atoms with Gasteiger partial charge >= 0.3 is 6.18 Å². The summed E-state index contributed by atoms with van der Waals surface area (Å²) in [5.74, 6) is -7.98. The Hall–Kier alpha value is -3.42. The minimum Gasteiger partial charge on any atom is -0.508 e. The predicted octanol–water partition coefficient (Wildman–Crippen LogP) is 2.26. The summed E-state index contributed by atoms with van der Waals surface area (Å²) in [5, 5.41) is 48.1. The molecule has 3 fully saturated rings. The number of primary amides is 1. The number of phenols is 1. The Morgan fingerprint density at radius 3 is 2.40 bits per heavy atom. The lowest BCUT2D eigenvalue weighted by Gasteiger charge is -2.50. The molecular weight excluding hydrogens is 571 g/mol. The minimum absolute atomic E-state index is 0.0735. The van der Waals surface area contributed by atoms with E-state index in [1.54, 1.807) is 0 Å². The van der Waals surface area contributed by atoms with Gasteiger partial charge in [-0.3, -0.25) is 19.3 Å². The molecule has 0 aromatic heterocycles. The number of aliphatic hydroxyl groups is 3. The number of ketones is 2. The molecule has 1 aromatic rings. The molecule has 13 heteroatoms. The Kier molecular flexibility index (Phi) is 6.75. The molecule has 6 rings (SSSR count). The lowest BCUT2D eigenvalue weighted by Crippen LogP contribution is -2.65. The molecule has 232 valence electrons. The molecule has 43 heavy (non-hydrogen) atoms. The molecule has 2 bridgehead atoms. The van der Waals surface area contributed by atoms with Crippen molar-refractivity contribution in [2.75, 3.05) is 14.1 Å². The first-order valence-corrected chi connectivity index (χ1v) is 14.4. The summed E-state index contributed by atoms with van der Waals surface area (Å²) in [4.78, 5) is 40.5. The van der Waals surface area contributed by atoms with Crippen molar-refractivity contribution in [1.29, 1.82) is 0 Å². The van der Waals surface area contributed by atoms with Crippen LogP contribution in [0.25, 0.3) is 5.76 Å². The Balaban J connectivity index is 1.47. The number of carbonyl (C=O) groups excluding carboxylic acids is 3. The molecule has 0 radical (unpaired) electrons. The van der Waals surface area contributed by atoms with Gasteiger partial charge in [0.25, 0.3) is 5.91 Å². The van der Waals surface area contributed by atoms with Crippen molar-refractivity contribution in [3.8, 4) is 5.75 Å². The normalized spacial score (nSPS) is 33.7. The highest BCUT2D eigenvalue weighted by Gasteiger charge is 2.64. The molecule has 2 unspecified atom stereocenters. The Morgan fingerprint density at radius 1 is 1.14 bits per heavy atom. The number of alkyl halides is 3. The van der Waals surface area contributed by atoms with Gasteiger partial charge in [0, 0.05) is 24.1 Å². The molecule has 5 aliphatic rings. The van der Waals surface area contributed by atoms with E-state index >= 15 is 0 Å². The number of carbonyl (C=O) groups is 3. The van der Waals surface area contributed by atoms with Crippen molar-refractivity contribution in [1.82, 2.24) is 10.2 Å². The van der Waals surface area contributed by atoms with Crippen LogP contribution in [0.4, 0.5) is 13.2 Å². The molecule has 0 aliphatic heterocycles. The highest BCUT2D eigenvalue weighted by Crippen LogP contribution is 2.54. The number of Topliss-reactive ketones (excluding diaryl/α,β-unsaturated/α-hetero) is 2. The van der Waals surface area contributed by atoms with Crippen LogP contribution in [0.5, 0.6) is 5.75 Å².